The number of carbonyl (C=O) groups excluding carboxylic acids is 1. The lowest BCUT2D eigenvalue weighted by molar-refractivity contribution is -0.154. The molecule has 10 heteroatoms. The van der Waals surface area contributed by atoms with E-state index >= 15 is 0 Å². The summed E-state index contributed by atoms with van der Waals surface area (Å²) in [4.78, 5) is 22.6. The highest BCUT2D eigenvalue weighted by atomic mass is 31.2. The lowest BCUT2D eigenvalue weighted by Crippen LogP contribution is -2.29. The van der Waals surface area contributed by atoms with Gasteiger partial charge in [0, 0.05) is 13.0 Å². The highest BCUT2D eigenvalue weighted by Crippen LogP contribution is 2.43. The standard InChI is InChI=1S/C43H81O9P/c1-3-5-7-9-11-13-15-17-19-20-21-23-25-27-29-31-33-35-43(46)52-42(40-51-53(47,48)50-38-41(45)37-44)39-49-36-34-32-30-28-26-24-22-18-16-14-12-10-8-6-4-2/h11,13,16-19,41-42,44-45H,3-10,12,14-15,20-40H2,1-2H3,(H,47,48)/b13-11-,18-16-,19-17-. The number of ether oxygens (including phenoxy) is 2. The molecule has 3 unspecified atom stereocenters. The van der Waals surface area contributed by atoms with E-state index in [4.69, 9.17) is 23.6 Å². The topological polar surface area (TPSA) is 132 Å². The van der Waals surface area contributed by atoms with E-state index < -0.39 is 39.2 Å². The van der Waals surface area contributed by atoms with Gasteiger partial charge in [0.15, 0.2) is 0 Å². The molecule has 0 aromatic carbocycles. The Morgan fingerprint density at radius 3 is 1.57 bits per heavy atom. The van der Waals surface area contributed by atoms with Crippen molar-refractivity contribution in [1.82, 2.24) is 0 Å². The molecule has 0 spiro atoms. The zero-order valence-electron chi connectivity index (χ0n) is 34.0. The van der Waals surface area contributed by atoms with E-state index in [1.165, 1.54) is 103 Å². The van der Waals surface area contributed by atoms with Gasteiger partial charge in [-0.2, -0.15) is 0 Å². The maximum atomic E-state index is 12.6. The lowest BCUT2D eigenvalue weighted by Gasteiger charge is -2.20. The summed E-state index contributed by atoms with van der Waals surface area (Å²) in [5.41, 5.74) is 0. The van der Waals surface area contributed by atoms with E-state index in [9.17, 15) is 19.4 Å². The summed E-state index contributed by atoms with van der Waals surface area (Å²) >= 11 is 0. The van der Waals surface area contributed by atoms with Crippen molar-refractivity contribution in [3.63, 3.8) is 0 Å². The molecule has 0 heterocycles. The van der Waals surface area contributed by atoms with Crippen molar-refractivity contribution in [2.24, 2.45) is 0 Å². The van der Waals surface area contributed by atoms with Gasteiger partial charge in [0.05, 0.1) is 26.4 Å². The number of carbonyl (C=O) groups is 1. The van der Waals surface area contributed by atoms with Gasteiger partial charge in [0.1, 0.15) is 12.2 Å². The van der Waals surface area contributed by atoms with Gasteiger partial charge < -0.3 is 24.6 Å². The number of aliphatic hydroxyl groups is 2. The smallest absolute Gasteiger partial charge is 0.457 e. The zero-order valence-corrected chi connectivity index (χ0v) is 34.9. The summed E-state index contributed by atoms with van der Waals surface area (Å²) in [5, 5.41) is 18.3. The van der Waals surface area contributed by atoms with E-state index in [-0.39, 0.29) is 19.6 Å². The first-order valence-electron chi connectivity index (χ1n) is 21.5. The fourth-order valence-electron chi connectivity index (χ4n) is 5.73. The highest BCUT2D eigenvalue weighted by Gasteiger charge is 2.26. The van der Waals surface area contributed by atoms with Gasteiger partial charge in [-0.25, -0.2) is 4.57 Å². The molecule has 3 atom stereocenters. The minimum atomic E-state index is -4.52. The minimum absolute atomic E-state index is 0.0425. The van der Waals surface area contributed by atoms with Gasteiger partial charge in [-0.3, -0.25) is 13.8 Å². The normalized spacial score (nSPS) is 14.4. The fourth-order valence-corrected chi connectivity index (χ4v) is 6.52. The molecule has 0 aliphatic heterocycles. The lowest BCUT2D eigenvalue weighted by atomic mass is 10.1. The van der Waals surface area contributed by atoms with Crippen LogP contribution < -0.4 is 0 Å². The minimum Gasteiger partial charge on any atom is -0.457 e. The summed E-state index contributed by atoms with van der Waals surface area (Å²) in [6.07, 6.45) is 42.4. The van der Waals surface area contributed by atoms with Crippen LogP contribution >= 0.6 is 7.82 Å². The van der Waals surface area contributed by atoms with Crippen LogP contribution in [0.15, 0.2) is 36.5 Å². The van der Waals surface area contributed by atoms with Gasteiger partial charge >= 0.3 is 13.8 Å². The third-order valence-electron chi connectivity index (χ3n) is 9.05. The largest absolute Gasteiger partial charge is 0.472 e. The van der Waals surface area contributed by atoms with Crippen LogP contribution in [0, 0.1) is 0 Å². The van der Waals surface area contributed by atoms with Gasteiger partial charge in [0.2, 0.25) is 0 Å². The Morgan fingerprint density at radius 2 is 1.02 bits per heavy atom. The van der Waals surface area contributed by atoms with Crippen molar-refractivity contribution in [3.8, 4) is 0 Å². The molecule has 312 valence electrons. The molecule has 53 heavy (non-hydrogen) atoms. The Morgan fingerprint density at radius 1 is 0.585 bits per heavy atom. The molecule has 0 rings (SSSR count). The molecule has 0 saturated carbocycles. The van der Waals surface area contributed by atoms with Crippen molar-refractivity contribution in [3.05, 3.63) is 36.5 Å². The molecule has 0 aliphatic rings. The van der Waals surface area contributed by atoms with Gasteiger partial charge in [-0.05, 0) is 70.6 Å². The molecule has 0 aromatic heterocycles. The van der Waals surface area contributed by atoms with Crippen molar-refractivity contribution in [2.45, 2.75) is 199 Å². The van der Waals surface area contributed by atoms with Crippen molar-refractivity contribution < 1.29 is 43.0 Å². The Labute approximate surface area is 325 Å². The zero-order chi connectivity index (χ0) is 38.9. The maximum Gasteiger partial charge on any atom is 0.472 e. The number of esters is 1. The van der Waals surface area contributed by atoms with Crippen LogP contribution in [0.4, 0.5) is 0 Å². The molecular weight excluding hydrogens is 691 g/mol. The molecule has 9 nitrogen and oxygen atoms in total. The van der Waals surface area contributed by atoms with E-state index in [1.54, 1.807) is 0 Å². The molecule has 0 fully saturated rings. The summed E-state index contributed by atoms with van der Waals surface area (Å²) in [5.74, 6) is -0.393. The molecule has 3 N–H and O–H groups in total. The van der Waals surface area contributed by atoms with Crippen molar-refractivity contribution in [1.29, 1.82) is 0 Å². The summed E-state index contributed by atoms with van der Waals surface area (Å²) in [6, 6.07) is 0. The predicted octanol–water partition coefficient (Wildman–Crippen LogP) is 11.6. The first kappa shape index (κ1) is 51.7. The number of allylic oxidation sites excluding steroid dienone is 6. The summed E-state index contributed by atoms with van der Waals surface area (Å²) in [7, 11) is -4.52. The molecule has 0 aliphatic carbocycles. The van der Waals surface area contributed by atoms with Crippen molar-refractivity contribution >= 4 is 13.8 Å². The van der Waals surface area contributed by atoms with Crippen LogP contribution in [0.25, 0.3) is 0 Å². The summed E-state index contributed by atoms with van der Waals surface area (Å²) in [6.45, 7) is 3.47. The molecule has 0 bridgehead atoms. The van der Waals surface area contributed by atoms with Crippen molar-refractivity contribution in [2.75, 3.05) is 33.0 Å². The molecule has 0 aromatic rings. The number of hydrogen-bond acceptors (Lipinski definition) is 8. The molecule has 0 saturated heterocycles. The average Bonchev–Trinajstić information content (AvgIpc) is 3.15. The first-order chi connectivity index (χ1) is 25.8. The van der Waals surface area contributed by atoms with Gasteiger partial charge in [0.25, 0.3) is 0 Å². The number of phosphoric ester groups is 1. The monoisotopic (exact) mass is 773 g/mol. The quantitative estimate of drug-likeness (QED) is 0.0240. The highest BCUT2D eigenvalue weighted by molar-refractivity contribution is 7.47. The Balaban J connectivity index is 4.20. The molecular formula is C43H81O9P. The number of hydrogen-bond donors (Lipinski definition) is 3. The van der Waals surface area contributed by atoms with Gasteiger partial charge in [-0.1, -0.05) is 147 Å². The molecule has 0 radical (unpaired) electrons. The van der Waals surface area contributed by atoms with Crippen LogP contribution in [0.3, 0.4) is 0 Å². The third kappa shape index (κ3) is 40.2. The fraction of sp³-hybridized carbons (Fsp3) is 0.837. The van der Waals surface area contributed by atoms with E-state index in [2.05, 4.69) is 50.3 Å². The van der Waals surface area contributed by atoms with E-state index in [0.717, 1.165) is 64.2 Å². The van der Waals surface area contributed by atoms with Gasteiger partial charge in [-0.15, -0.1) is 0 Å². The Kier molecular flexibility index (Phi) is 39.3. The van der Waals surface area contributed by atoms with Crippen LogP contribution in [0.1, 0.15) is 187 Å². The number of unbranched alkanes of at least 4 members (excludes halogenated alkanes) is 21. The number of phosphoric acid groups is 1. The predicted molar refractivity (Wildman–Crippen MR) is 219 cm³/mol. The number of rotatable bonds is 41. The Hall–Kier alpha value is -1.32. The third-order valence-corrected chi connectivity index (χ3v) is 10.00. The van der Waals surface area contributed by atoms with Crippen LogP contribution in [-0.2, 0) is 27.9 Å². The van der Waals surface area contributed by atoms with E-state index in [0.29, 0.717) is 6.61 Å². The average molecular weight is 773 g/mol. The molecule has 0 amide bonds. The van der Waals surface area contributed by atoms with Crippen LogP contribution in [0.5, 0.6) is 0 Å². The summed E-state index contributed by atoms with van der Waals surface area (Å²) < 4.78 is 33.3. The van der Waals surface area contributed by atoms with Crippen LogP contribution in [0.2, 0.25) is 0 Å². The van der Waals surface area contributed by atoms with Crippen LogP contribution in [-0.4, -0.2) is 66.3 Å². The SMILES string of the molecule is CCCCC/C=C\C/C=C\CCCCCCCCCC(=O)OC(COCCCCCCCC/C=C\CCCCCCC)COP(=O)(O)OCC(O)CO. The first-order valence-corrected chi connectivity index (χ1v) is 23.0. The second-order valence-electron chi connectivity index (χ2n) is 14.4. The maximum absolute atomic E-state index is 12.6. The van der Waals surface area contributed by atoms with E-state index in [1.807, 2.05) is 0 Å². The Bertz CT molecular complexity index is 923. The second kappa shape index (κ2) is 40.3. The second-order valence-corrected chi connectivity index (χ2v) is 15.8. The number of aliphatic hydroxyl groups excluding tert-OH is 2.